The molecule has 1 unspecified atom stereocenters. The molecule has 0 radical (unpaired) electrons. The minimum atomic E-state index is -0.0998. The van der Waals surface area contributed by atoms with Crippen molar-refractivity contribution >= 4 is 16.8 Å². The number of fused-ring (bicyclic) bond motifs is 2. The van der Waals surface area contributed by atoms with Crippen LogP contribution in [0.25, 0.3) is 10.9 Å². The molecule has 1 aliphatic carbocycles. The van der Waals surface area contributed by atoms with Gasteiger partial charge in [-0.3, -0.25) is 14.2 Å². The van der Waals surface area contributed by atoms with Crippen LogP contribution in [0.4, 0.5) is 0 Å². The fourth-order valence-electron chi connectivity index (χ4n) is 3.77. The van der Waals surface area contributed by atoms with Gasteiger partial charge in [-0.15, -0.1) is 0 Å². The number of nitrogens with zero attached hydrogens (tertiary/aromatic N) is 3. The lowest BCUT2D eigenvalue weighted by Gasteiger charge is -2.25. The summed E-state index contributed by atoms with van der Waals surface area (Å²) in [7, 11) is 1.86. The highest BCUT2D eigenvalue weighted by Crippen LogP contribution is 2.34. The molecule has 1 atom stereocenters. The lowest BCUT2D eigenvalue weighted by atomic mass is 10.1. The molecule has 26 heavy (non-hydrogen) atoms. The van der Waals surface area contributed by atoms with Gasteiger partial charge in [-0.2, -0.15) is 0 Å². The van der Waals surface area contributed by atoms with E-state index in [0.29, 0.717) is 17.4 Å². The van der Waals surface area contributed by atoms with E-state index in [1.165, 1.54) is 22.0 Å². The Balaban J connectivity index is 1.48. The third kappa shape index (κ3) is 2.90. The predicted octanol–water partition coefficient (Wildman–Crippen LogP) is 2.93. The topological polar surface area (TPSA) is 55.2 Å². The smallest absolute Gasteiger partial charge is 0.261 e. The molecule has 0 spiro atoms. The van der Waals surface area contributed by atoms with Gasteiger partial charge in [0, 0.05) is 20.0 Å². The average Bonchev–Trinajstić information content (AvgIpc) is 3.11. The van der Waals surface area contributed by atoms with E-state index in [0.717, 1.165) is 12.8 Å². The Bertz CT molecular complexity index is 1020. The van der Waals surface area contributed by atoms with E-state index < -0.39 is 0 Å². The zero-order valence-corrected chi connectivity index (χ0v) is 14.8. The molecule has 0 saturated carbocycles. The number of hydrogen-bond donors (Lipinski definition) is 0. The zero-order valence-electron chi connectivity index (χ0n) is 14.8. The molecule has 5 heteroatoms. The van der Waals surface area contributed by atoms with Crippen molar-refractivity contribution < 1.29 is 4.79 Å². The van der Waals surface area contributed by atoms with Crippen molar-refractivity contribution in [2.24, 2.45) is 0 Å². The highest BCUT2D eigenvalue weighted by molar-refractivity contribution is 5.78. The summed E-state index contributed by atoms with van der Waals surface area (Å²) >= 11 is 0. The summed E-state index contributed by atoms with van der Waals surface area (Å²) in [4.78, 5) is 31.3. The van der Waals surface area contributed by atoms with Crippen LogP contribution in [0.3, 0.4) is 0 Å². The van der Waals surface area contributed by atoms with Gasteiger partial charge in [0.2, 0.25) is 5.91 Å². The normalized spacial score (nSPS) is 15.8. The molecule has 0 saturated heterocycles. The van der Waals surface area contributed by atoms with E-state index in [1.54, 1.807) is 6.07 Å². The van der Waals surface area contributed by atoms with Gasteiger partial charge in [-0.25, -0.2) is 4.98 Å². The maximum Gasteiger partial charge on any atom is 0.261 e. The molecule has 0 aliphatic heterocycles. The molecule has 1 heterocycles. The first kappa shape index (κ1) is 16.5. The minimum Gasteiger partial charge on any atom is -0.339 e. The molecule has 3 aromatic rings. The largest absolute Gasteiger partial charge is 0.339 e. The summed E-state index contributed by atoms with van der Waals surface area (Å²) in [6.45, 7) is 0.341. The molecule has 4 rings (SSSR count). The number of carbonyl (C=O) groups is 1. The number of hydrogen-bond acceptors (Lipinski definition) is 3. The molecule has 132 valence electrons. The van der Waals surface area contributed by atoms with Crippen LogP contribution in [0.15, 0.2) is 59.7 Å². The van der Waals surface area contributed by atoms with Crippen LogP contribution in [0.5, 0.6) is 0 Å². The van der Waals surface area contributed by atoms with Gasteiger partial charge < -0.3 is 4.90 Å². The lowest BCUT2D eigenvalue weighted by molar-refractivity contribution is -0.132. The van der Waals surface area contributed by atoms with Gasteiger partial charge in [-0.05, 0) is 36.1 Å². The quantitative estimate of drug-likeness (QED) is 0.729. The van der Waals surface area contributed by atoms with Crippen molar-refractivity contribution in [1.29, 1.82) is 0 Å². The summed E-state index contributed by atoms with van der Waals surface area (Å²) in [5, 5.41) is 0.584. The predicted molar refractivity (Wildman–Crippen MR) is 101 cm³/mol. The molecule has 0 N–H and O–H groups in total. The fourth-order valence-corrected chi connectivity index (χ4v) is 3.77. The van der Waals surface area contributed by atoms with Crippen LogP contribution in [0.2, 0.25) is 0 Å². The second-order valence-corrected chi connectivity index (χ2v) is 6.77. The van der Waals surface area contributed by atoms with Crippen LogP contribution >= 0.6 is 0 Å². The molecule has 0 fully saturated rings. The van der Waals surface area contributed by atoms with Gasteiger partial charge in [0.25, 0.3) is 5.56 Å². The summed E-state index contributed by atoms with van der Waals surface area (Å²) in [6.07, 6.45) is 3.78. The van der Waals surface area contributed by atoms with E-state index >= 15 is 0 Å². The minimum absolute atomic E-state index is 0.0479. The second kappa shape index (κ2) is 6.75. The standard InChI is InChI=1S/C21H21N3O2/c1-23(19-11-10-15-6-2-3-7-16(15)19)20(25)12-13-24-14-22-18-9-5-4-8-17(18)21(24)26/h2-9,14,19H,10-13H2,1H3. The summed E-state index contributed by atoms with van der Waals surface area (Å²) < 4.78 is 1.52. The highest BCUT2D eigenvalue weighted by atomic mass is 16.2. The van der Waals surface area contributed by atoms with Gasteiger partial charge >= 0.3 is 0 Å². The maximum atomic E-state index is 12.7. The third-order valence-corrected chi connectivity index (χ3v) is 5.26. The number of amides is 1. The van der Waals surface area contributed by atoms with Crippen molar-refractivity contribution in [2.45, 2.75) is 31.8 Å². The van der Waals surface area contributed by atoms with Gasteiger partial charge in [0.1, 0.15) is 0 Å². The summed E-state index contributed by atoms with van der Waals surface area (Å²) in [6, 6.07) is 15.7. The van der Waals surface area contributed by atoms with E-state index in [9.17, 15) is 9.59 Å². The first-order valence-electron chi connectivity index (χ1n) is 8.93. The monoisotopic (exact) mass is 347 g/mol. The van der Waals surface area contributed by atoms with Crippen LogP contribution in [0.1, 0.15) is 30.0 Å². The number of rotatable bonds is 4. The van der Waals surface area contributed by atoms with Crippen LogP contribution in [-0.4, -0.2) is 27.4 Å². The van der Waals surface area contributed by atoms with E-state index in [2.05, 4.69) is 17.1 Å². The van der Waals surface area contributed by atoms with Crippen molar-refractivity contribution in [3.8, 4) is 0 Å². The lowest BCUT2D eigenvalue weighted by Crippen LogP contribution is -2.32. The van der Waals surface area contributed by atoms with Crippen LogP contribution < -0.4 is 5.56 Å². The number of aryl methyl sites for hydroxylation is 2. The number of carbonyl (C=O) groups excluding carboxylic acids is 1. The molecule has 2 aromatic carbocycles. The first-order chi connectivity index (χ1) is 12.6. The van der Waals surface area contributed by atoms with Gasteiger partial charge in [0.05, 0.1) is 23.3 Å². The Labute approximate surface area is 151 Å². The summed E-state index contributed by atoms with van der Waals surface area (Å²) in [5.74, 6) is 0.0479. The van der Waals surface area contributed by atoms with Gasteiger partial charge in [-0.1, -0.05) is 36.4 Å². The molecule has 1 amide bonds. The second-order valence-electron chi connectivity index (χ2n) is 6.77. The maximum absolute atomic E-state index is 12.7. The Hall–Kier alpha value is -2.95. The Kier molecular flexibility index (Phi) is 4.29. The van der Waals surface area contributed by atoms with E-state index in [4.69, 9.17) is 0 Å². The summed E-state index contributed by atoms with van der Waals surface area (Å²) in [5.41, 5.74) is 3.15. The number of para-hydroxylation sites is 1. The molecule has 1 aliphatic rings. The average molecular weight is 347 g/mol. The van der Waals surface area contributed by atoms with E-state index in [1.807, 2.05) is 42.3 Å². The Morgan fingerprint density at radius 2 is 1.96 bits per heavy atom. The van der Waals surface area contributed by atoms with Crippen molar-refractivity contribution in [3.05, 3.63) is 76.3 Å². The third-order valence-electron chi connectivity index (χ3n) is 5.26. The molecule has 1 aromatic heterocycles. The fraction of sp³-hybridized carbons (Fsp3) is 0.286. The number of benzene rings is 2. The zero-order chi connectivity index (χ0) is 18.1. The SMILES string of the molecule is CN(C(=O)CCn1cnc2ccccc2c1=O)C1CCc2ccccc21. The van der Waals surface area contributed by atoms with Crippen molar-refractivity contribution in [3.63, 3.8) is 0 Å². The Morgan fingerprint density at radius 1 is 1.19 bits per heavy atom. The van der Waals surface area contributed by atoms with E-state index in [-0.39, 0.29) is 23.9 Å². The molecule has 5 nitrogen and oxygen atoms in total. The van der Waals surface area contributed by atoms with Gasteiger partial charge in [0.15, 0.2) is 0 Å². The molecular formula is C21H21N3O2. The van der Waals surface area contributed by atoms with Crippen molar-refractivity contribution in [1.82, 2.24) is 14.5 Å². The van der Waals surface area contributed by atoms with Crippen molar-refractivity contribution in [2.75, 3.05) is 7.05 Å². The highest BCUT2D eigenvalue weighted by Gasteiger charge is 2.28. The molecule has 0 bridgehead atoms. The Morgan fingerprint density at radius 3 is 2.85 bits per heavy atom. The number of aromatic nitrogens is 2. The van der Waals surface area contributed by atoms with Crippen LogP contribution in [0, 0.1) is 0 Å². The first-order valence-corrected chi connectivity index (χ1v) is 8.93. The molecular weight excluding hydrogens is 326 g/mol. The van der Waals surface area contributed by atoms with Crippen LogP contribution in [-0.2, 0) is 17.8 Å².